The Balaban J connectivity index is 1.94. The quantitative estimate of drug-likeness (QED) is 0.819. The number of aromatic nitrogens is 2. The van der Waals surface area contributed by atoms with Crippen molar-refractivity contribution in [1.82, 2.24) is 14.5 Å². The second kappa shape index (κ2) is 6.50. The van der Waals surface area contributed by atoms with Gasteiger partial charge in [-0.05, 0) is 51.8 Å². The number of halogens is 1. The highest BCUT2D eigenvalue weighted by Crippen LogP contribution is 2.35. The largest absolute Gasteiger partial charge is 0.444 e. The molecule has 1 aromatic carbocycles. The summed E-state index contributed by atoms with van der Waals surface area (Å²) in [6.07, 6.45) is 2.04. The fraction of sp³-hybridized carbons (Fsp3) is 0.474. The van der Waals surface area contributed by atoms with Crippen LogP contribution in [0.5, 0.6) is 0 Å². The van der Waals surface area contributed by atoms with E-state index in [1.807, 2.05) is 35.8 Å². The SMILES string of the molecule is Cc1cccc(-n2ccnc2[C@@H]2[C@H](F)CCN2C(=O)OC(C)(C)C)c1. The van der Waals surface area contributed by atoms with Crippen molar-refractivity contribution in [1.29, 1.82) is 0 Å². The summed E-state index contributed by atoms with van der Waals surface area (Å²) in [5.74, 6) is 0.515. The van der Waals surface area contributed by atoms with Gasteiger partial charge < -0.3 is 9.30 Å². The Kier molecular flexibility index (Phi) is 4.54. The molecule has 1 fully saturated rings. The highest BCUT2D eigenvalue weighted by atomic mass is 19.1. The molecule has 5 nitrogen and oxygen atoms in total. The molecule has 0 aliphatic carbocycles. The van der Waals surface area contributed by atoms with Gasteiger partial charge >= 0.3 is 6.09 Å². The van der Waals surface area contributed by atoms with Crippen LogP contribution in [0.2, 0.25) is 0 Å². The Labute approximate surface area is 147 Å². The molecule has 1 aliphatic rings. The lowest BCUT2D eigenvalue weighted by Crippen LogP contribution is -2.38. The van der Waals surface area contributed by atoms with Crippen molar-refractivity contribution in [2.75, 3.05) is 6.54 Å². The lowest BCUT2D eigenvalue weighted by atomic mass is 10.1. The molecule has 0 N–H and O–H groups in total. The fourth-order valence-electron chi connectivity index (χ4n) is 3.11. The van der Waals surface area contributed by atoms with E-state index in [-0.39, 0.29) is 6.42 Å². The monoisotopic (exact) mass is 345 g/mol. The van der Waals surface area contributed by atoms with E-state index in [0.29, 0.717) is 12.4 Å². The van der Waals surface area contributed by atoms with E-state index in [1.165, 1.54) is 4.90 Å². The molecule has 1 saturated heterocycles. The van der Waals surface area contributed by atoms with Crippen molar-refractivity contribution in [3.63, 3.8) is 0 Å². The molecule has 6 heteroatoms. The average molecular weight is 345 g/mol. The first-order chi connectivity index (χ1) is 11.8. The highest BCUT2D eigenvalue weighted by Gasteiger charge is 2.42. The summed E-state index contributed by atoms with van der Waals surface area (Å²) in [7, 11) is 0. The molecule has 1 aromatic heterocycles. The third-order valence-corrected chi connectivity index (χ3v) is 4.17. The van der Waals surface area contributed by atoms with Crippen molar-refractivity contribution in [3.8, 4) is 5.69 Å². The Morgan fingerprint density at radius 1 is 1.36 bits per heavy atom. The fourth-order valence-corrected chi connectivity index (χ4v) is 3.11. The van der Waals surface area contributed by atoms with Crippen LogP contribution in [0.4, 0.5) is 9.18 Å². The molecule has 2 atom stereocenters. The molecule has 3 rings (SSSR count). The number of nitrogens with zero attached hydrogens (tertiary/aromatic N) is 3. The van der Waals surface area contributed by atoms with E-state index in [9.17, 15) is 9.18 Å². The third-order valence-electron chi connectivity index (χ3n) is 4.17. The molecule has 0 spiro atoms. The first kappa shape index (κ1) is 17.5. The number of aryl methyl sites for hydroxylation is 1. The number of imidazole rings is 1. The number of carbonyl (C=O) groups is 1. The average Bonchev–Trinajstić information content (AvgIpc) is 3.11. The third kappa shape index (κ3) is 3.67. The number of likely N-dealkylation sites (tertiary alicyclic amines) is 1. The van der Waals surface area contributed by atoms with Gasteiger partial charge in [0.05, 0.1) is 0 Å². The predicted octanol–water partition coefficient (Wildman–Crippen LogP) is 4.20. The minimum Gasteiger partial charge on any atom is -0.444 e. The molecule has 2 heterocycles. The molecule has 2 aromatic rings. The number of hydrogen-bond donors (Lipinski definition) is 0. The zero-order valence-electron chi connectivity index (χ0n) is 15.1. The molecule has 134 valence electrons. The van der Waals surface area contributed by atoms with Gasteiger partial charge in [-0.2, -0.15) is 0 Å². The summed E-state index contributed by atoms with van der Waals surface area (Å²) in [4.78, 5) is 18.3. The van der Waals surface area contributed by atoms with Crippen LogP contribution >= 0.6 is 0 Å². The second-order valence-electron chi connectivity index (χ2n) is 7.42. The van der Waals surface area contributed by atoms with Crippen molar-refractivity contribution < 1.29 is 13.9 Å². The number of carbonyl (C=O) groups excluding carboxylic acids is 1. The van der Waals surface area contributed by atoms with E-state index in [2.05, 4.69) is 4.98 Å². The summed E-state index contributed by atoms with van der Waals surface area (Å²) in [6, 6.07) is 7.15. The summed E-state index contributed by atoms with van der Waals surface area (Å²) < 4.78 is 22.0. The maximum atomic E-state index is 14.7. The first-order valence-corrected chi connectivity index (χ1v) is 8.50. The molecular weight excluding hydrogens is 321 g/mol. The van der Waals surface area contributed by atoms with Gasteiger partial charge in [0, 0.05) is 24.6 Å². The maximum absolute atomic E-state index is 14.7. The molecule has 0 bridgehead atoms. The minimum atomic E-state index is -1.17. The van der Waals surface area contributed by atoms with Gasteiger partial charge in [0.1, 0.15) is 23.6 Å². The Bertz CT molecular complexity index is 766. The first-order valence-electron chi connectivity index (χ1n) is 8.50. The van der Waals surface area contributed by atoms with E-state index >= 15 is 0 Å². The Morgan fingerprint density at radius 2 is 2.12 bits per heavy atom. The Hall–Kier alpha value is -2.37. The topological polar surface area (TPSA) is 47.4 Å². The van der Waals surface area contributed by atoms with E-state index < -0.39 is 23.9 Å². The number of alkyl halides is 1. The standard InChI is InChI=1S/C19H24FN3O2/c1-13-6-5-7-14(12-13)22-11-9-21-17(22)16-15(20)8-10-23(16)18(24)25-19(2,3)4/h5-7,9,11-12,15-16H,8,10H2,1-4H3/t15-,16+/m1/s1. The summed E-state index contributed by atoms with van der Waals surface area (Å²) in [5, 5.41) is 0. The summed E-state index contributed by atoms with van der Waals surface area (Å²) in [6.45, 7) is 7.73. The molecule has 1 aliphatic heterocycles. The predicted molar refractivity (Wildman–Crippen MR) is 93.5 cm³/mol. The van der Waals surface area contributed by atoms with Gasteiger partial charge in [0.25, 0.3) is 0 Å². The van der Waals surface area contributed by atoms with Crippen molar-refractivity contribution in [3.05, 3.63) is 48.0 Å². The number of rotatable bonds is 2. The van der Waals surface area contributed by atoms with Crippen LogP contribution in [0.15, 0.2) is 36.7 Å². The molecule has 0 saturated carbocycles. The van der Waals surface area contributed by atoms with Gasteiger partial charge in [-0.3, -0.25) is 4.90 Å². The van der Waals surface area contributed by atoms with Gasteiger partial charge in [-0.25, -0.2) is 14.2 Å². The highest BCUT2D eigenvalue weighted by molar-refractivity contribution is 5.69. The van der Waals surface area contributed by atoms with Crippen LogP contribution in [0, 0.1) is 6.92 Å². The lowest BCUT2D eigenvalue weighted by Gasteiger charge is -2.29. The summed E-state index contributed by atoms with van der Waals surface area (Å²) >= 11 is 0. The molecular formula is C19H24FN3O2. The van der Waals surface area contributed by atoms with Crippen LogP contribution in [0.25, 0.3) is 5.69 Å². The van der Waals surface area contributed by atoms with E-state index in [1.54, 1.807) is 33.2 Å². The van der Waals surface area contributed by atoms with Crippen molar-refractivity contribution in [2.24, 2.45) is 0 Å². The Morgan fingerprint density at radius 3 is 2.80 bits per heavy atom. The smallest absolute Gasteiger partial charge is 0.411 e. The van der Waals surface area contributed by atoms with Crippen LogP contribution in [-0.4, -0.2) is 38.9 Å². The molecule has 25 heavy (non-hydrogen) atoms. The molecule has 1 amide bonds. The van der Waals surface area contributed by atoms with Crippen LogP contribution in [0.1, 0.15) is 44.6 Å². The second-order valence-corrected chi connectivity index (χ2v) is 7.42. The molecule has 0 unspecified atom stereocenters. The van der Waals surface area contributed by atoms with Gasteiger partial charge in [-0.15, -0.1) is 0 Å². The number of benzene rings is 1. The van der Waals surface area contributed by atoms with Crippen molar-refractivity contribution in [2.45, 2.75) is 51.9 Å². The van der Waals surface area contributed by atoms with Crippen LogP contribution in [-0.2, 0) is 4.74 Å². The number of hydrogen-bond acceptors (Lipinski definition) is 3. The maximum Gasteiger partial charge on any atom is 0.411 e. The van der Waals surface area contributed by atoms with Gasteiger partial charge in [-0.1, -0.05) is 12.1 Å². The minimum absolute atomic E-state index is 0.282. The van der Waals surface area contributed by atoms with Gasteiger partial charge in [0.2, 0.25) is 0 Å². The number of ether oxygens (including phenoxy) is 1. The van der Waals surface area contributed by atoms with Crippen LogP contribution < -0.4 is 0 Å². The van der Waals surface area contributed by atoms with Crippen molar-refractivity contribution >= 4 is 6.09 Å². The normalized spacial score (nSPS) is 20.8. The van der Waals surface area contributed by atoms with E-state index in [0.717, 1.165) is 11.3 Å². The van der Waals surface area contributed by atoms with Gasteiger partial charge in [0.15, 0.2) is 0 Å². The lowest BCUT2D eigenvalue weighted by molar-refractivity contribution is 0.0184. The van der Waals surface area contributed by atoms with Crippen LogP contribution in [0.3, 0.4) is 0 Å². The van der Waals surface area contributed by atoms with E-state index in [4.69, 9.17) is 4.74 Å². The summed E-state index contributed by atoms with van der Waals surface area (Å²) in [5.41, 5.74) is 1.38. The molecule has 0 radical (unpaired) electrons. The number of amides is 1. The zero-order chi connectivity index (χ0) is 18.2. The zero-order valence-corrected chi connectivity index (χ0v) is 15.1.